The van der Waals surface area contributed by atoms with Crippen LogP contribution >= 0.6 is 0 Å². The Bertz CT molecular complexity index is 532. The smallest absolute Gasteiger partial charge is 0.236 e. The molecule has 2 aliphatic rings. The normalized spacial score (nSPS) is 26.1. The number of nitrogens with zero attached hydrogens (tertiary/aromatic N) is 1. The van der Waals surface area contributed by atoms with E-state index in [-0.39, 0.29) is 11.9 Å². The third-order valence-electron chi connectivity index (χ3n) is 4.70. The summed E-state index contributed by atoms with van der Waals surface area (Å²) < 4.78 is 5.32. The minimum Gasteiger partial charge on any atom is -0.497 e. The number of carbonyl (C=O) groups is 1. The Labute approximate surface area is 125 Å². The SMILES string of the molecule is COc1ccc2c(c1)CC(N1CCNCC1C(N)=O)CC2. The molecular weight excluding hydrogens is 266 g/mol. The average molecular weight is 289 g/mol. The van der Waals surface area contributed by atoms with Crippen molar-refractivity contribution in [1.82, 2.24) is 10.2 Å². The topological polar surface area (TPSA) is 67.6 Å². The zero-order valence-electron chi connectivity index (χ0n) is 12.5. The van der Waals surface area contributed by atoms with Crippen LogP contribution in [0.1, 0.15) is 17.5 Å². The molecule has 1 amide bonds. The van der Waals surface area contributed by atoms with Gasteiger partial charge in [0.15, 0.2) is 0 Å². The number of primary amides is 1. The van der Waals surface area contributed by atoms with E-state index in [1.54, 1.807) is 7.11 Å². The predicted molar refractivity (Wildman–Crippen MR) is 81.4 cm³/mol. The zero-order chi connectivity index (χ0) is 14.8. The van der Waals surface area contributed by atoms with E-state index >= 15 is 0 Å². The highest BCUT2D eigenvalue weighted by Gasteiger charge is 2.34. The molecule has 2 atom stereocenters. The minimum absolute atomic E-state index is 0.184. The number of benzene rings is 1. The van der Waals surface area contributed by atoms with Gasteiger partial charge in [-0.1, -0.05) is 6.07 Å². The zero-order valence-corrected chi connectivity index (χ0v) is 12.5. The number of hydrogen-bond donors (Lipinski definition) is 2. The Balaban J connectivity index is 1.79. The molecule has 1 aliphatic carbocycles. The maximum absolute atomic E-state index is 11.7. The number of rotatable bonds is 3. The maximum atomic E-state index is 11.7. The molecule has 1 aliphatic heterocycles. The molecule has 0 spiro atoms. The molecule has 1 fully saturated rings. The highest BCUT2D eigenvalue weighted by molar-refractivity contribution is 5.80. The van der Waals surface area contributed by atoms with E-state index in [1.165, 1.54) is 11.1 Å². The van der Waals surface area contributed by atoms with E-state index in [2.05, 4.69) is 22.3 Å². The van der Waals surface area contributed by atoms with Gasteiger partial charge >= 0.3 is 0 Å². The van der Waals surface area contributed by atoms with Gasteiger partial charge in [-0.15, -0.1) is 0 Å². The van der Waals surface area contributed by atoms with Crippen LogP contribution < -0.4 is 15.8 Å². The maximum Gasteiger partial charge on any atom is 0.236 e. The Kier molecular flexibility index (Phi) is 4.12. The molecule has 1 aromatic rings. The highest BCUT2D eigenvalue weighted by atomic mass is 16.5. The van der Waals surface area contributed by atoms with Crippen LogP contribution in [0.5, 0.6) is 5.75 Å². The second-order valence-corrected chi connectivity index (χ2v) is 5.89. The lowest BCUT2D eigenvalue weighted by Gasteiger charge is -2.42. The van der Waals surface area contributed by atoms with Gasteiger partial charge < -0.3 is 15.8 Å². The molecule has 0 aromatic heterocycles. The summed E-state index contributed by atoms with van der Waals surface area (Å²) in [5.74, 6) is 0.680. The van der Waals surface area contributed by atoms with Gasteiger partial charge in [0.1, 0.15) is 11.8 Å². The van der Waals surface area contributed by atoms with Gasteiger partial charge in [-0.3, -0.25) is 9.69 Å². The molecule has 1 saturated heterocycles. The van der Waals surface area contributed by atoms with Crippen molar-refractivity contribution in [3.05, 3.63) is 29.3 Å². The van der Waals surface area contributed by atoms with E-state index in [4.69, 9.17) is 10.5 Å². The lowest BCUT2D eigenvalue weighted by molar-refractivity contribution is -0.125. The summed E-state index contributed by atoms with van der Waals surface area (Å²) in [4.78, 5) is 14.0. The minimum atomic E-state index is -0.223. The van der Waals surface area contributed by atoms with Gasteiger partial charge in [0.25, 0.3) is 0 Å². The summed E-state index contributed by atoms with van der Waals surface area (Å²) in [6.45, 7) is 2.47. The average Bonchev–Trinajstić information content (AvgIpc) is 2.53. The summed E-state index contributed by atoms with van der Waals surface area (Å²) >= 11 is 0. The third-order valence-corrected chi connectivity index (χ3v) is 4.70. The van der Waals surface area contributed by atoms with Crippen LogP contribution in [-0.4, -0.2) is 49.6 Å². The van der Waals surface area contributed by atoms with Gasteiger partial charge in [-0.05, 0) is 42.5 Å². The van der Waals surface area contributed by atoms with Crippen molar-refractivity contribution >= 4 is 5.91 Å². The van der Waals surface area contributed by atoms with E-state index in [1.807, 2.05) is 6.07 Å². The summed E-state index contributed by atoms with van der Waals surface area (Å²) in [6, 6.07) is 6.52. The van der Waals surface area contributed by atoms with E-state index in [0.29, 0.717) is 12.6 Å². The van der Waals surface area contributed by atoms with Crippen molar-refractivity contribution < 1.29 is 9.53 Å². The van der Waals surface area contributed by atoms with Crippen molar-refractivity contribution in [2.24, 2.45) is 5.73 Å². The van der Waals surface area contributed by atoms with Gasteiger partial charge in [0.05, 0.1) is 7.11 Å². The van der Waals surface area contributed by atoms with E-state index < -0.39 is 0 Å². The number of piperazine rings is 1. The molecule has 3 N–H and O–H groups in total. The number of ether oxygens (including phenoxy) is 1. The molecule has 0 bridgehead atoms. The standard InChI is InChI=1S/C16H23N3O2/c1-21-14-5-3-11-2-4-13(8-12(11)9-14)19-7-6-18-10-15(19)16(17)20/h3,5,9,13,15,18H,2,4,6-8,10H2,1H3,(H2,17,20). The molecular formula is C16H23N3O2. The molecule has 3 rings (SSSR count). The summed E-state index contributed by atoms with van der Waals surface area (Å²) in [5.41, 5.74) is 8.30. The first kappa shape index (κ1) is 14.4. The number of fused-ring (bicyclic) bond motifs is 1. The fraction of sp³-hybridized carbons (Fsp3) is 0.562. The first-order valence-electron chi connectivity index (χ1n) is 7.60. The molecule has 1 aromatic carbocycles. The molecule has 0 saturated carbocycles. The van der Waals surface area contributed by atoms with Crippen molar-refractivity contribution in [1.29, 1.82) is 0 Å². The fourth-order valence-corrected chi connectivity index (χ4v) is 3.55. The molecule has 5 heteroatoms. The number of hydrogen-bond acceptors (Lipinski definition) is 4. The predicted octanol–water partition coefficient (Wildman–Crippen LogP) is 0.312. The second kappa shape index (κ2) is 6.03. The summed E-state index contributed by atoms with van der Waals surface area (Å²) in [5, 5.41) is 3.26. The highest BCUT2D eigenvalue weighted by Crippen LogP contribution is 2.29. The van der Waals surface area contributed by atoms with Crippen LogP contribution in [0.2, 0.25) is 0 Å². The Morgan fingerprint density at radius 3 is 3.05 bits per heavy atom. The Hall–Kier alpha value is -1.59. The van der Waals surface area contributed by atoms with Crippen molar-refractivity contribution in [2.45, 2.75) is 31.3 Å². The van der Waals surface area contributed by atoms with Crippen molar-refractivity contribution in [2.75, 3.05) is 26.7 Å². The Morgan fingerprint density at radius 2 is 2.29 bits per heavy atom. The van der Waals surface area contributed by atoms with Gasteiger partial charge in [0, 0.05) is 25.7 Å². The number of amides is 1. The van der Waals surface area contributed by atoms with Crippen LogP contribution in [0.25, 0.3) is 0 Å². The molecule has 5 nitrogen and oxygen atoms in total. The number of nitrogens with one attached hydrogen (secondary N) is 1. The quantitative estimate of drug-likeness (QED) is 0.840. The largest absolute Gasteiger partial charge is 0.497 e. The van der Waals surface area contributed by atoms with Crippen LogP contribution in [-0.2, 0) is 17.6 Å². The number of nitrogens with two attached hydrogens (primary N) is 1. The molecule has 0 radical (unpaired) electrons. The van der Waals surface area contributed by atoms with E-state index in [9.17, 15) is 4.79 Å². The first-order chi connectivity index (χ1) is 10.2. The lowest BCUT2D eigenvalue weighted by atomic mass is 9.86. The second-order valence-electron chi connectivity index (χ2n) is 5.89. The van der Waals surface area contributed by atoms with E-state index in [0.717, 1.165) is 38.1 Å². The van der Waals surface area contributed by atoms with Crippen LogP contribution in [0.4, 0.5) is 0 Å². The van der Waals surface area contributed by atoms with Gasteiger partial charge in [0.2, 0.25) is 5.91 Å². The lowest BCUT2D eigenvalue weighted by Crippen LogP contribution is -2.60. The molecule has 2 unspecified atom stereocenters. The summed E-state index contributed by atoms with van der Waals surface area (Å²) in [7, 11) is 1.70. The number of aryl methyl sites for hydroxylation is 1. The van der Waals surface area contributed by atoms with Crippen molar-refractivity contribution in [3.8, 4) is 5.75 Å². The number of carbonyl (C=O) groups excluding carboxylic acids is 1. The Morgan fingerprint density at radius 1 is 1.43 bits per heavy atom. The molecule has 114 valence electrons. The molecule has 21 heavy (non-hydrogen) atoms. The fourth-order valence-electron chi connectivity index (χ4n) is 3.55. The van der Waals surface area contributed by atoms with Crippen LogP contribution in [0.3, 0.4) is 0 Å². The number of methoxy groups -OCH3 is 1. The van der Waals surface area contributed by atoms with Gasteiger partial charge in [-0.25, -0.2) is 0 Å². The van der Waals surface area contributed by atoms with Crippen LogP contribution in [0.15, 0.2) is 18.2 Å². The first-order valence-corrected chi connectivity index (χ1v) is 7.60. The monoisotopic (exact) mass is 289 g/mol. The molecule has 1 heterocycles. The van der Waals surface area contributed by atoms with Crippen LogP contribution in [0, 0.1) is 0 Å². The third kappa shape index (κ3) is 2.89. The van der Waals surface area contributed by atoms with Crippen molar-refractivity contribution in [3.63, 3.8) is 0 Å². The summed E-state index contributed by atoms with van der Waals surface area (Å²) in [6.07, 6.45) is 3.11. The van der Waals surface area contributed by atoms with Gasteiger partial charge in [-0.2, -0.15) is 0 Å².